The maximum Gasteiger partial charge on any atom is 0.573 e. The van der Waals surface area contributed by atoms with Gasteiger partial charge >= 0.3 is 6.36 Å². The largest absolute Gasteiger partial charge is 0.573 e. The summed E-state index contributed by atoms with van der Waals surface area (Å²) >= 11 is 2.92. The van der Waals surface area contributed by atoms with Crippen LogP contribution in [0.3, 0.4) is 0 Å². The molecule has 0 N–H and O–H groups in total. The summed E-state index contributed by atoms with van der Waals surface area (Å²) in [4.78, 5) is 11.1. The lowest BCUT2D eigenvalue weighted by Gasteiger charge is -2.10. The van der Waals surface area contributed by atoms with Crippen molar-refractivity contribution >= 4 is 21.7 Å². The fourth-order valence-electron chi connectivity index (χ4n) is 1.14. The van der Waals surface area contributed by atoms with Crippen molar-refractivity contribution < 1.29 is 27.1 Å². The Bertz CT molecular complexity index is 417. The van der Waals surface area contributed by atoms with Gasteiger partial charge in [-0.3, -0.25) is 4.79 Å². The molecule has 0 unspecified atom stereocenters. The van der Waals surface area contributed by atoms with Crippen molar-refractivity contribution in [2.75, 3.05) is 5.33 Å². The van der Waals surface area contributed by atoms with E-state index >= 15 is 0 Å². The van der Waals surface area contributed by atoms with E-state index in [0.29, 0.717) is 0 Å². The third-order valence-corrected chi connectivity index (χ3v) is 2.40. The Balaban J connectivity index is 2.90. The van der Waals surface area contributed by atoms with Gasteiger partial charge in [-0.2, -0.15) is 0 Å². The number of ketones is 1. The van der Waals surface area contributed by atoms with Crippen molar-refractivity contribution in [3.05, 3.63) is 29.6 Å². The molecule has 1 aromatic rings. The first-order valence-electron chi connectivity index (χ1n) is 4.43. The number of halogens is 5. The highest BCUT2D eigenvalue weighted by atomic mass is 79.9. The van der Waals surface area contributed by atoms with Gasteiger partial charge < -0.3 is 4.74 Å². The number of ether oxygens (including phenoxy) is 1. The molecule has 0 atom stereocenters. The second-order valence-corrected chi connectivity index (χ2v) is 3.72. The van der Waals surface area contributed by atoms with Crippen molar-refractivity contribution in [1.29, 1.82) is 0 Å². The van der Waals surface area contributed by atoms with E-state index in [1.54, 1.807) is 0 Å². The molecule has 0 amide bonds. The predicted molar refractivity (Wildman–Crippen MR) is 55.6 cm³/mol. The molecule has 0 bridgehead atoms. The zero-order chi connectivity index (χ0) is 13.1. The highest BCUT2D eigenvalue weighted by Crippen LogP contribution is 2.26. The average Bonchev–Trinajstić information content (AvgIpc) is 2.21. The SMILES string of the molecule is O=C(CBr)Cc1ccc(F)c(OC(F)(F)F)c1. The molecule has 0 spiro atoms. The zero-order valence-corrected chi connectivity index (χ0v) is 9.94. The van der Waals surface area contributed by atoms with Gasteiger partial charge in [-0.05, 0) is 17.7 Å². The van der Waals surface area contributed by atoms with E-state index in [0.717, 1.165) is 12.1 Å². The summed E-state index contributed by atoms with van der Waals surface area (Å²) in [5.74, 6) is -2.29. The number of alkyl halides is 4. The minimum Gasteiger partial charge on any atom is -0.403 e. The highest BCUT2D eigenvalue weighted by molar-refractivity contribution is 9.09. The van der Waals surface area contributed by atoms with Crippen LogP contribution in [0.15, 0.2) is 18.2 Å². The molecule has 0 aromatic heterocycles. The number of Topliss-reactive ketones (excluding diaryl/α,β-unsaturated/α-hetero) is 1. The van der Waals surface area contributed by atoms with Crippen molar-refractivity contribution in [1.82, 2.24) is 0 Å². The molecule has 0 saturated carbocycles. The maximum absolute atomic E-state index is 13.0. The molecule has 7 heteroatoms. The Morgan fingerprint density at radius 1 is 1.35 bits per heavy atom. The van der Waals surface area contributed by atoms with Gasteiger partial charge in [0.1, 0.15) is 5.78 Å². The van der Waals surface area contributed by atoms with Crippen LogP contribution >= 0.6 is 15.9 Å². The molecule has 17 heavy (non-hydrogen) atoms. The molecule has 0 saturated heterocycles. The highest BCUT2D eigenvalue weighted by Gasteiger charge is 2.32. The average molecular weight is 315 g/mol. The van der Waals surface area contributed by atoms with Gasteiger partial charge in [-0.1, -0.05) is 22.0 Å². The second kappa shape index (κ2) is 5.48. The molecule has 0 radical (unpaired) electrons. The van der Waals surface area contributed by atoms with Crippen molar-refractivity contribution in [3.63, 3.8) is 0 Å². The van der Waals surface area contributed by atoms with E-state index in [1.807, 2.05) is 0 Å². The monoisotopic (exact) mass is 314 g/mol. The zero-order valence-electron chi connectivity index (χ0n) is 8.35. The lowest BCUT2D eigenvalue weighted by molar-refractivity contribution is -0.275. The predicted octanol–water partition coefficient (Wildman–Crippen LogP) is 3.23. The number of carbonyl (C=O) groups is 1. The molecule has 1 rings (SSSR count). The van der Waals surface area contributed by atoms with Crippen LogP contribution in [0.4, 0.5) is 17.6 Å². The Hall–Kier alpha value is -1.11. The van der Waals surface area contributed by atoms with Crippen molar-refractivity contribution in [2.45, 2.75) is 12.8 Å². The maximum atomic E-state index is 13.0. The Morgan fingerprint density at radius 3 is 2.53 bits per heavy atom. The Morgan fingerprint density at radius 2 is 2.00 bits per heavy atom. The van der Waals surface area contributed by atoms with E-state index in [4.69, 9.17) is 0 Å². The fraction of sp³-hybridized carbons (Fsp3) is 0.300. The second-order valence-electron chi connectivity index (χ2n) is 3.16. The van der Waals surface area contributed by atoms with Gasteiger partial charge in [-0.15, -0.1) is 13.2 Å². The van der Waals surface area contributed by atoms with E-state index in [9.17, 15) is 22.4 Å². The molecule has 0 heterocycles. The summed E-state index contributed by atoms with van der Waals surface area (Å²) in [7, 11) is 0. The van der Waals surface area contributed by atoms with Gasteiger partial charge in [0.25, 0.3) is 0 Å². The Labute approximate surface area is 103 Å². The summed E-state index contributed by atoms with van der Waals surface area (Å²) in [5, 5.41) is 0.0832. The van der Waals surface area contributed by atoms with Crippen LogP contribution in [0.5, 0.6) is 5.75 Å². The van der Waals surface area contributed by atoms with Gasteiger partial charge in [0.05, 0.1) is 5.33 Å². The van der Waals surface area contributed by atoms with E-state index in [1.165, 1.54) is 6.07 Å². The van der Waals surface area contributed by atoms with Crippen LogP contribution in [-0.2, 0) is 11.2 Å². The smallest absolute Gasteiger partial charge is 0.403 e. The lowest BCUT2D eigenvalue weighted by Crippen LogP contribution is -2.18. The van der Waals surface area contributed by atoms with Crippen LogP contribution in [0.2, 0.25) is 0 Å². The van der Waals surface area contributed by atoms with E-state index < -0.39 is 17.9 Å². The van der Waals surface area contributed by atoms with Crippen LogP contribution in [0.1, 0.15) is 5.56 Å². The standard InChI is InChI=1S/C10H7BrF4O2/c11-5-7(16)3-6-1-2-8(12)9(4-6)17-10(13,14)15/h1-2,4H,3,5H2. The van der Waals surface area contributed by atoms with Crippen molar-refractivity contribution in [3.8, 4) is 5.75 Å². The number of benzene rings is 1. The first-order valence-corrected chi connectivity index (χ1v) is 5.56. The van der Waals surface area contributed by atoms with Crippen LogP contribution in [0.25, 0.3) is 0 Å². The molecular weight excluding hydrogens is 308 g/mol. The third kappa shape index (κ3) is 4.72. The summed E-state index contributed by atoms with van der Waals surface area (Å²) in [6, 6.07) is 2.93. The number of hydrogen-bond acceptors (Lipinski definition) is 2. The summed E-state index contributed by atoms with van der Waals surface area (Å²) < 4.78 is 52.2. The summed E-state index contributed by atoms with van der Waals surface area (Å²) in [5.41, 5.74) is 0.259. The molecule has 1 aromatic carbocycles. The van der Waals surface area contributed by atoms with Gasteiger partial charge in [-0.25, -0.2) is 4.39 Å². The lowest BCUT2D eigenvalue weighted by atomic mass is 10.1. The Kier molecular flexibility index (Phi) is 4.50. The third-order valence-electron chi connectivity index (χ3n) is 1.77. The molecule has 2 nitrogen and oxygen atoms in total. The minimum atomic E-state index is -4.96. The van der Waals surface area contributed by atoms with Crippen molar-refractivity contribution in [2.24, 2.45) is 0 Å². The summed E-state index contributed by atoms with van der Waals surface area (Å²) in [6.07, 6.45) is -5.04. The minimum absolute atomic E-state index is 0.0832. The summed E-state index contributed by atoms with van der Waals surface area (Å²) in [6.45, 7) is 0. The molecule has 0 fully saturated rings. The normalized spacial score (nSPS) is 11.4. The van der Waals surface area contributed by atoms with Crippen LogP contribution < -0.4 is 4.74 Å². The van der Waals surface area contributed by atoms with E-state index in [2.05, 4.69) is 20.7 Å². The quantitative estimate of drug-likeness (QED) is 0.630. The molecule has 0 aliphatic carbocycles. The number of hydrogen-bond donors (Lipinski definition) is 0. The fourth-order valence-corrected chi connectivity index (χ4v) is 1.33. The first-order chi connectivity index (χ1) is 7.81. The molecule has 0 aliphatic rings. The number of carbonyl (C=O) groups excluding carboxylic acids is 1. The molecule has 94 valence electrons. The molecular formula is C10H7BrF4O2. The molecule has 0 aliphatic heterocycles. The number of rotatable bonds is 4. The van der Waals surface area contributed by atoms with Gasteiger partial charge in [0.2, 0.25) is 0 Å². The van der Waals surface area contributed by atoms with Crippen LogP contribution in [-0.4, -0.2) is 17.5 Å². The van der Waals surface area contributed by atoms with Gasteiger partial charge in [0.15, 0.2) is 11.6 Å². The van der Waals surface area contributed by atoms with Crippen LogP contribution in [0, 0.1) is 5.82 Å². The van der Waals surface area contributed by atoms with Gasteiger partial charge in [0, 0.05) is 6.42 Å². The first kappa shape index (κ1) is 14.0. The van der Waals surface area contributed by atoms with E-state index in [-0.39, 0.29) is 23.1 Å². The topological polar surface area (TPSA) is 26.3 Å².